The van der Waals surface area contributed by atoms with Crippen LogP contribution in [0.2, 0.25) is 0 Å². The van der Waals surface area contributed by atoms with Gasteiger partial charge in [-0.15, -0.1) is 0 Å². The number of aliphatic carboxylic acids is 1. The average molecular weight is 289 g/mol. The zero-order valence-corrected chi connectivity index (χ0v) is 11.7. The van der Waals surface area contributed by atoms with E-state index in [2.05, 4.69) is 11.1 Å². The van der Waals surface area contributed by atoms with Crippen molar-refractivity contribution in [1.29, 1.82) is 5.26 Å². The fourth-order valence-corrected chi connectivity index (χ4v) is 2.32. The lowest BCUT2D eigenvalue weighted by Crippen LogP contribution is -2.29. The van der Waals surface area contributed by atoms with E-state index < -0.39 is 12.0 Å². The molecule has 0 amide bonds. The van der Waals surface area contributed by atoms with E-state index >= 15 is 0 Å². The molecule has 1 atom stereocenters. The van der Waals surface area contributed by atoms with Crippen molar-refractivity contribution in [2.75, 3.05) is 13.1 Å². The molecule has 1 fully saturated rings. The smallest absolute Gasteiger partial charge is 0.328 e. The second-order valence-corrected chi connectivity index (χ2v) is 4.77. The van der Waals surface area contributed by atoms with Gasteiger partial charge < -0.3 is 15.5 Å². The Labute approximate surface area is 123 Å². The molecule has 1 aliphatic rings. The highest BCUT2D eigenvalue weighted by Gasteiger charge is 2.23. The minimum atomic E-state index is -0.926. The number of benzene rings is 1. The maximum atomic E-state index is 11.4. The quantitative estimate of drug-likeness (QED) is 0.811. The van der Waals surface area contributed by atoms with Crippen molar-refractivity contribution in [2.45, 2.75) is 25.3 Å². The Balaban J connectivity index is 0.00000220. The number of amidine groups is 1. The van der Waals surface area contributed by atoms with Crippen LogP contribution >= 0.6 is 0 Å². The summed E-state index contributed by atoms with van der Waals surface area (Å²) in [5.74, 6) is -0.181. The van der Waals surface area contributed by atoms with E-state index in [1.54, 1.807) is 0 Å². The van der Waals surface area contributed by atoms with Gasteiger partial charge in [-0.1, -0.05) is 30.3 Å². The van der Waals surface area contributed by atoms with Crippen molar-refractivity contribution in [3.05, 3.63) is 35.9 Å². The molecule has 6 heteroatoms. The zero-order valence-electron chi connectivity index (χ0n) is 11.7. The van der Waals surface area contributed by atoms with E-state index in [4.69, 9.17) is 5.26 Å². The minimum absolute atomic E-state index is 0. The number of hydrogen-bond donors (Lipinski definition) is 1. The van der Waals surface area contributed by atoms with Gasteiger partial charge in [-0.2, -0.15) is 5.26 Å². The predicted octanol–water partition coefficient (Wildman–Crippen LogP) is 0.875. The van der Waals surface area contributed by atoms with Crippen LogP contribution in [0.1, 0.15) is 18.4 Å². The van der Waals surface area contributed by atoms with Gasteiger partial charge >= 0.3 is 5.97 Å². The number of carboxylic acid groups (broad SMARTS) is 1. The van der Waals surface area contributed by atoms with Gasteiger partial charge in [-0.3, -0.25) is 4.99 Å². The summed E-state index contributed by atoms with van der Waals surface area (Å²) in [5, 5.41) is 18.1. The van der Waals surface area contributed by atoms with E-state index in [0.29, 0.717) is 6.42 Å². The molecule has 1 aromatic carbocycles. The number of rotatable bonds is 5. The topological polar surface area (TPSA) is 108 Å². The van der Waals surface area contributed by atoms with Crippen molar-refractivity contribution in [1.82, 2.24) is 4.90 Å². The van der Waals surface area contributed by atoms with Crippen LogP contribution in [0, 0.1) is 11.3 Å². The second-order valence-electron chi connectivity index (χ2n) is 4.77. The Kier molecular flexibility index (Phi) is 6.37. The van der Waals surface area contributed by atoms with Gasteiger partial charge in [0.1, 0.15) is 12.4 Å². The molecule has 0 spiro atoms. The normalized spacial score (nSPS) is 17.1. The summed E-state index contributed by atoms with van der Waals surface area (Å²) in [6, 6.07) is 10.8. The Bertz CT molecular complexity index is 537. The van der Waals surface area contributed by atoms with Gasteiger partial charge in [0, 0.05) is 19.4 Å². The van der Waals surface area contributed by atoms with Crippen LogP contribution in [0.25, 0.3) is 0 Å². The van der Waals surface area contributed by atoms with Crippen LogP contribution in [0.5, 0.6) is 0 Å². The highest BCUT2D eigenvalue weighted by Crippen LogP contribution is 2.14. The largest absolute Gasteiger partial charge is 0.480 e. The van der Waals surface area contributed by atoms with Crippen molar-refractivity contribution >= 4 is 11.8 Å². The molecule has 0 saturated carbocycles. The summed E-state index contributed by atoms with van der Waals surface area (Å²) in [7, 11) is 0. The van der Waals surface area contributed by atoms with E-state index in [1.165, 1.54) is 0 Å². The molecule has 0 aromatic heterocycles. The summed E-state index contributed by atoms with van der Waals surface area (Å²) < 4.78 is 0. The van der Waals surface area contributed by atoms with Crippen LogP contribution in [0.15, 0.2) is 35.3 Å². The summed E-state index contributed by atoms with van der Waals surface area (Å²) >= 11 is 0. The Morgan fingerprint density at radius 2 is 2.14 bits per heavy atom. The Morgan fingerprint density at radius 1 is 1.43 bits per heavy atom. The third-order valence-electron chi connectivity index (χ3n) is 3.32. The average Bonchev–Trinajstić information content (AvgIpc) is 2.87. The first kappa shape index (κ1) is 16.7. The van der Waals surface area contributed by atoms with Crippen LogP contribution in [0.4, 0.5) is 0 Å². The molecule has 1 aliphatic heterocycles. The molecule has 21 heavy (non-hydrogen) atoms. The molecule has 0 bridgehead atoms. The highest BCUT2D eigenvalue weighted by atomic mass is 16.4. The third-order valence-corrected chi connectivity index (χ3v) is 3.32. The van der Waals surface area contributed by atoms with Gasteiger partial charge in [-0.05, 0) is 12.0 Å². The third kappa shape index (κ3) is 4.58. The van der Waals surface area contributed by atoms with Crippen molar-refractivity contribution in [2.24, 2.45) is 4.99 Å². The molecule has 2 rings (SSSR count). The van der Waals surface area contributed by atoms with Gasteiger partial charge in [0.05, 0.1) is 6.07 Å². The summed E-state index contributed by atoms with van der Waals surface area (Å²) in [5.41, 5.74) is 0.953. The van der Waals surface area contributed by atoms with E-state index in [1.807, 2.05) is 35.2 Å². The van der Waals surface area contributed by atoms with E-state index in [0.717, 1.165) is 30.8 Å². The molecule has 1 heterocycles. The molecule has 1 unspecified atom stereocenters. The van der Waals surface area contributed by atoms with E-state index in [9.17, 15) is 9.90 Å². The fourth-order valence-electron chi connectivity index (χ4n) is 2.32. The summed E-state index contributed by atoms with van der Waals surface area (Å²) in [6.45, 7) is 1.06. The number of aliphatic imine (C=N–C) groups is 1. The van der Waals surface area contributed by atoms with Crippen molar-refractivity contribution in [3.8, 4) is 6.07 Å². The molecule has 3 N–H and O–H groups in total. The molecular weight excluding hydrogens is 270 g/mol. The SMILES string of the molecule is N#CCN1CCCC1=NC(Cc1ccccc1)C(=O)O.O. The van der Waals surface area contributed by atoms with Crippen molar-refractivity contribution in [3.63, 3.8) is 0 Å². The molecular formula is C15H19N3O3. The molecule has 0 aliphatic carbocycles. The second kappa shape index (κ2) is 8.02. The van der Waals surface area contributed by atoms with Crippen LogP contribution in [-0.2, 0) is 11.2 Å². The van der Waals surface area contributed by atoms with Gasteiger partial charge in [-0.25, -0.2) is 4.79 Å². The summed E-state index contributed by atoms with van der Waals surface area (Å²) in [6.07, 6.45) is 2.05. The first-order valence-corrected chi connectivity index (χ1v) is 6.66. The zero-order chi connectivity index (χ0) is 14.4. The number of carboxylic acids is 1. The first-order valence-electron chi connectivity index (χ1n) is 6.66. The fraction of sp³-hybridized carbons (Fsp3) is 0.400. The lowest BCUT2D eigenvalue weighted by Gasteiger charge is -2.16. The Morgan fingerprint density at radius 3 is 2.76 bits per heavy atom. The molecule has 112 valence electrons. The first-order chi connectivity index (χ1) is 9.70. The van der Waals surface area contributed by atoms with Gasteiger partial charge in [0.15, 0.2) is 6.04 Å². The molecule has 0 radical (unpaired) electrons. The van der Waals surface area contributed by atoms with Gasteiger partial charge in [0.2, 0.25) is 0 Å². The molecule has 1 saturated heterocycles. The van der Waals surface area contributed by atoms with Crippen LogP contribution in [-0.4, -0.2) is 46.4 Å². The maximum absolute atomic E-state index is 11.4. The summed E-state index contributed by atoms with van der Waals surface area (Å²) in [4.78, 5) is 17.6. The van der Waals surface area contributed by atoms with Crippen LogP contribution in [0.3, 0.4) is 0 Å². The standard InChI is InChI=1S/C15H17N3O2.H2O/c16-8-10-18-9-4-7-14(18)17-13(15(19)20)11-12-5-2-1-3-6-12;/h1-3,5-6,13H,4,7,9-11H2,(H,19,20);1H2. The maximum Gasteiger partial charge on any atom is 0.328 e. The number of hydrogen-bond acceptors (Lipinski definition) is 3. The number of nitriles is 1. The molecule has 1 aromatic rings. The predicted molar refractivity (Wildman–Crippen MR) is 79.0 cm³/mol. The lowest BCUT2D eigenvalue weighted by molar-refractivity contribution is -0.138. The molecule has 6 nitrogen and oxygen atoms in total. The Hall–Kier alpha value is -2.39. The number of likely N-dealkylation sites (tertiary alicyclic amines) is 1. The monoisotopic (exact) mass is 289 g/mol. The van der Waals surface area contributed by atoms with Gasteiger partial charge in [0.25, 0.3) is 0 Å². The highest BCUT2D eigenvalue weighted by molar-refractivity contribution is 5.87. The lowest BCUT2D eigenvalue weighted by atomic mass is 10.1. The van der Waals surface area contributed by atoms with Crippen LogP contribution < -0.4 is 0 Å². The van der Waals surface area contributed by atoms with E-state index in [-0.39, 0.29) is 12.0 Å². The minimum Gasteiger partial charge on any atom is -0.480 e. The number of carbonyl (C=O) groups is 1. The number of nitrogens with zero attached hydrogens (tertiary/aromatic N) is 3. The van der Waals surface area contributed by atoms with Crippen molar-refractivity contribution < 1.29 is 15.4 Å².